The molecule has 144 valence electrons. The van der Waals surface area contributed by atoms with E-state index in [1.54, 1.807) is 18.9 Å². The van der Waals surface area contributed by atoms with Crippen LogP contribution in [0, 0.1) is 6.92 Å². The summed E-state index contributed by atoms with van der Waals surface area (Å²) < 4.78 is 0. The van der Waals surface area contributed by atoms with Gasteiger partial charge in [0, 0.05) is 11.4 Å². The molecule has 0 aliphatic rings. The molecule has 3 aromatic carbocycles. The number of hydrogen-bond acceptors (Lipinski definition) is 3. The Labute approximate surface area is 165 Å². The summed E-state index contributed by atoms with van der Waals surface area (Å²) in [5.74, 6) is -0.308. The van der Waals surface area contributed by atoms with Crippen LogP contribution in [0.4, 0.5) is 11.4 Å². The van der Waals surface area contributed by atoms with Gasteiger partial charge < -0.3 is 10.6 Å². The van der Waals surface area contributed by atoms with Crippen molar-refractivity contribution in [2.45, 2.75) is 19.9 Å². The monoisotopic (exact) mass is 375 g/mol. The molecule has 2 amide bonds. The smallest absolute Gasteiger partial charge is 0.241 e. The predicted molar refractivity (Wildman–Crippen MR) is 114 cm³/mol. The summed E-state index contributed by atoms with van der Waals surface area (Å²) >= 11 is 0. The first kappa shape index (κ1) is 19.6. The first-order valence-corrected chi connectivity index (χ1v) is 9.29. The number of benzene rings is 3. The van der Waals surface area contributed by atoms with E-state index in [2.05, 4.69) is 10.6 Å². The molecule has 0 heterocycles. The average Bonchev–Trinajstić information content (AvgIpc) is 2.69. The van der Waals surface area contributed by atoms with Crippen LogP contribution in [-0.4, -0.2) is 36.3 Å². The van der Waals surface area contributed by atoms with Crippen LogP contribution in [0.3, 0.4) is 0 Å². The Kier molecular flexibility index (Phi) is 6.06. The number of carbonyl (C=O) groups excluding carboxylic acids is 2. The van der Waals surface area contributed by atoms with E-state index in [0.29, 0.717) is 0 Å². The maximum atomic E-state index is 12.6. The molecule has 0 spiro atoms. The van der Waals surface area contributed by atoms with E-state index in [1.807, 2.05) is 73.7 Å². The van der Waals surface area contributed by atoms with Crippen molar-refractivity contribution in [3.63, 3.8) is 0 Å². The minimum absolute atomic E-state index is 0.125. The zero-order valence-corrected chi connectivity index (χ0v) is 16.4. The van der Waals surface area contributed by atoms with Crippen LogP contribution in [-0.2, 0) is 9.59 Å². The van der Waals surface area contributed by atoms with E-state index < -0.39 is 6.04 Å². The van der Waals surface area contributed by atoms with Crippen molar-refractivity contribution in [2.75, 3.05) is 24.2 Å². The van der Waals surface area contributed by atoms with Gasteiger partial charge in [-0.3, -0.25) is 14.5 Å². The number of likely N-dealkylation sites (N-methyl/N-ethyl adjacent to an activating group) is 1. The Hall–Kier alpha value is -3.18. The molecule has 0 fully saturated rings. The lowest BCUT2D eigenvalue weighted by Crippen LogP contribution is -2.43. The summed E-state index contributed by atoms with van der Waals surface area (Å²) in [6.07, 6.45) is 0. The number of amides is 2. The molecule has 5 nitrogen and oxygen atoms in total. The number of carbonyl (C=O) groups is 2. The van der Waals surface area contributed by atoms with Crippen molar-refractivity contribution < 1.29 is 9.59 Å². The number of fused-ring (bicyclic) bond motifs is 1. The fraction of sp³-hybridized carbons (Fsp3) is 0.217. The van der Waals surface area contributed by atoms with Gasteiger partial charge in [0.05, 0.1) is 12.6 Å². The molecular formula is C23H25N3O2. The first-order chi connectivity index (χ1) is 13.4. The highest BCUT2D eigenvalue weighted by atomic mass is 16.2. The van der Waals surface area contributed by atoms with Crippen LogP contribution < -0.4 is 10.6 Å². The van der Waals surface area contributed by atoms with Crippen LogP contribution in [0.15, 0.2) is 66.7 Å². The molecule has 2 N–H and O–H groups in total. The molecule has 0 aliphatic heterocycles. The van der Waals surface area contributed by atoms with Crippen LogP contribution in [0.5, 0.6) is 0 Å². The summed E-state index contributed by atoms with van der Waals surface area (Å²) in [6.45, 7) is 3.91. The van der Waals surface area contributed by atoms with Crippen molar-refractivity contribution >= 4 is 34.0 Å². The molecule has 0 radical (unpaired) electrons. The van der Waals surface area contributed by atoms with E-state index in [0.717, 1.165) is 27.7 Å². The molecule has 28 heavy (non-hydrogen) atoms. The van der Waals surface area contributed by atoms with E-state index >= 15 is 0 Å². The third-order valence-corrected chi connectivity index (χ3v) is 4.79. The lowest BCUT2D eigenvalue weighted by molar-refractivity contribution is -0.122. The zero-order chi connectivity index (χ0) is 20.1. The van der Waals surface area contributed by atoms with E-state index in [-0.39, 0.29) is 18.4 Å². The topological polar surface area (TPSA) is 61.4 Å². The van der Waals surface area contributed by atoms with Gasteiger partial charge in [0.25, 0.3) is 0 Å². The molecule has 3 rings (SSSR count). The second-order valence-corrected chi connectivity index (χ2v) is 7.06. The third-order valence-electron chi connectivity index (χ3n) is 4.79. The highest BCUT2D eigenvalue weighted by molar-refractivity contribution is 5.98. The molecular weight excluding hydrogens is 350 g/mol. The van der Waals surface area contributed by atoms with Gasteiger partial charge in [-0.25, -0.2) is 0 Å². The molecule has 3 aromatic rings. The normalized spacial score (nSPS) is 12.0. The van der Waals surface area contributed by atoms with Crippen molar-refractivity contribution in [1.82, 2.24) is 4.90 Å². The number of aryl methyl sites for hydroxylation is 1. The Balaban J connectivity index is 1.56. The number of nitrogens with one attached hydrogen (secondary N) is 2. The van der Waals surface area contributed by atoms with Gasteiger partial charge in [0.2, 0.25) is 11.8 Å². The maximum absolute atomic E-state index is 12.6. The Morgan fingerprint density at radius 3 is 2.25 bits per heavy atom. The standard InChI is InChI=1S/C23H25N3O2/c1-16-8-11-20(12-9-16)24-22(27)15-26(3)17(2)23(28)25-21-13-10-18-6-4-5-7-19(18)14-21/h4-14,17H,15H2,1-3H3,(H,24,27)(H,25,28). The number of hydrogen-bond donors (Lipinski definition) is 2. The lowest BCUT2D eigenvalue weighted by Gasteiger charge is -2.23. The van der Waals surface area contributed by atoms with Gasteiger partial charge in [-0.1, -0.05) is 48.0 Å². The molecule has 0 saturated heterocycles. The Morgan fingerprint density at radius 1 is 0.893 bits per heavy atom. The second-order valence-electron chi connectivity index (χ2n) is 7.06. The minimum Gasteiger partial charge on any atom is -0.325 e. The largest absolute Gasteiger partial charge is 0.325 e. The third kappa shape index (κ3) is 4.96. The summed E-state index contributed by atoms with van der Waals surface area (Å²) in [4.78, 5) is 26.6. The molecule has 0 saturated carbocycles. The van der Waals surface area contributed by atoms with Gasteiger partial charge in [-0.2, -0.15) is 0 Å². The summed E-state index contributed by atoms with van der Waals surface area (Å²) in [5.41, 5.74) is 2.62. The molecule has 5 heteroatoms. The first-order valence-electron chi connectivity index (χ1n) is 9.29. The Morgan fingerprint density at radius 2 is 1.54 bits per heavy atom. The molecule has 0 aliphatic carbocycles. The summed E-state index contributed by atoms with van der Waals surface area (Å²) in [7, 11) is 1.76. The van der Waals surface area contributed by atoms with Gasteiger partial charge in [-0.05, 0) is 55.9 Å². The van der Waals surface area contributed by atoms with Crippen LogP contribution in [0.2, 0.25) is 0 Å². The fourth-order valence-corrected chi connectivity index (χ4v) is 2.91. The highest BCUT2D eigenvalue weighted by Crippen LogP contribution is 2.19. The number of nitrogens with zero attached hydrogens (tertiary/aromatic N) is 1. The van der Waals surface area contributed by atoms with Crippen LogP contribution >= 0.6 is 0 Å². The molecule has 1 atom stereocenters. The summed E-state index contributed by atoms with van der Waals surface area (Å²) in [6, 6.07) is 21.0. The Bertz CT molecular complexity index is 983. The molecule has 0 aromatic heterocycles. The maximum Gasteiger partial charge on any atom is 0.241 e. The zero-order valence-electron chi connectivity index (χ0n) is 16.4. The van der Waals surface area contributed by atoms with Gasteiger partial charge >= 0.3 is 0 Å². The quantitative estimate of drug-likeness (QED) is 0.683. The fourth-order valence-electron chi connectivity index (χ4n) is 2.91. The van der Waals surface area contributed by atoms with Crippen LogP contribution in [0.25, 0.3) is 10.8 Å². The lowest BCUT2D eigenvalue weighted by atomic mass is 10.1. The number of anilines is 2. The van der Waals surface area contributed by atoms with Crippen molar-refractivity contribution in [3.8, 4) is 0 Å². The van der Waals surface area contributed by atoms with Gasteiger partial charge in [-0.15, -0.1) is 0 Å². The van der Waals surface area contributed by atoms with Crippen molar-refractivity contribution in [3.05, 3.63) is 72.3 Å². The van der Waals surface area contributed by atoms with Crippen molar-refractivity contribution in [2.24, 2.45) is 0 Å². The van der Waals surface area contributed by atoms with Crippen molar-refractivity contribution in [1.29, 1.82) is 0 Å². The van der Waals surface area contributed by atoms with E-state index in [4.69, 9.17) is 0 Å². The average molecular weight is 375 g/mol. The second kappa shape index (κ2) is 8.67. The summed E-state index contributed by atoms with van der Waals surface area (Å²) in [5, 5.41) is 7.97. The minimum atomic E-state index is -0.449. The SMILES string of the molecule is Cc1ccc(NC(=O)CN(C)C(C)C(=O)Nc2ccc3ccccc3c2)cc1. The van der Waals surface area contributed by atoms with Crippen LogP contribution in [0.1, 0.15) is 12.5 Å². The van der Waals surface area contributed by atoms with E-state index in [9.17, 15) is 9.59 Å². The molecule has 0 bridgehead atoms. The molecule has 1 unspecified atom stereocenters. The van der Waals surface area contributed by atoms with Gasteiger partial charge in [0.1, 0.15) is 0 Å². The number of rotatable bonds is 6. The predicted octanol–water partition coefficient (Wildman–Crippen LogP) is 4.05. The highest BCUT2D eigenvalue weighted by Gasteiger charge is 2.20. The van der Waals surface area contributed by atoms with E-state index in [1.165, 1.54) is 0 Å². The van der Waals surface area contributed by atoms with Gasteiger partial charge in [0.15, 0.2) is 0 Å².